The molecule has 0 heterocycles. The van der Waals surface area contributed by atoms with Crippen molar-refractivity contribution >= 4 is 11.6 Å². The number of carbonyl (C=O) groups is 2. The van der Waals surface area contributed by atoms with Crippen molar-refractivity contribution < 1.29 is 9.59 Å². The van der Waals surface area contributed by atoms with Crippen LogP contribution in [0.2, 0.25) is 0 Å². The van der Waals surface area contributed by atoms with Crippen LogP contribution in [-0.2, 0) is 22.4 Å². The van der Waals surface area contributed by atoms with E-state index < -0.39 is 0 Å². The maximum absolute atomic E-state index is 11.1. The van der Waals surface area contributed by atoms with Gasteiger partial charge in [-0.3, -0.25) is 9.59 Å². The molecule has 2 aromatic rings. The Hall–Kier alpha value is -2.22. The zero-order valence-electron chi connectivity index (χ0n) is 11.8. The molecule has 0 saturated heterocycles. The first-order valence-electron chi connectivity index (χ1n) is 6.72. The molecule has 2 aromatic carbocycles. The highest BCUT2D eigenvalue weighted by Crippen LogP contribution is 2.21. The van der Waals surface area contributed by atoms with Crippen molar-refractivity contribution in [2.24, 2.45) is 0 Å². The normalized spacial score (nSPS) is 10.3. The van der Waals surface area contributed by atoms with Gasteiger partial charge in [0.15, 0.2) is 0 Å². The fraction of sp³-hybridized carbons (Fsp3) is 0.222. The number of rotatable bonds is 5. The third kappa shape index (κ3) is 3.89. The highest BCUT2D eigenvalue weighted by atomic mass is 16.1. The van der Waals surface area contributed by atoms with Gasteiger partial charge in [0.25, 0.3) is 0 Å². The van der Waals surface area contributed by atoms with E-state index in [0.29, 0.717) is 12.8 Å². The van der Waals surface area contributed by atoms with Crippen molar-refractivity contribution in [2.45, 2.75) is 26.7 Å². The Labute approximate surface area is 119 Å². The van der Waals surface area contributed by atoms with Gasteiger partial charge >= 0.3 is 0 Å². The summed E-state index contributed by atoms with van der Waals surface area (Å²) in [6.07, 6.45) is 0.968. The number of hydrogen-bond acceptors (Lipinski definition) is 2. The van der Waals surface area contributed by atoms with Crippen LogP contribution in [0.1, 0.15) is 25.0 Å². The van der Waals surface area contributed by atoms with Crippen LogP contribution < -0.4 is 0 Å². The van der Waals surface area contributed by atoms with Crippen molar-refractivity contribution in [1.82, 2.24) is 0 Å². The molecule has 0 aliphatic heterocycles. The van der Waals surface area contributed by atoms with E-state index in [9.17, 15) is 9.59 Å². The molecular formula is C18H18O2. The molecule has 2 nitrogen and oxygen atoms in total. The first-order chi connectivity index (χ1) is 9.54. The fourth-order valence-electron chi connectivity index (χ4n) is 2.21. The lowest BCUT2D eigenvalue weighted by Gasteiger charge is -2.05. The summed E-state index contributed by atoms with van der Waals surface area (Å²) in [7, 11) is 0. The molecule has 0 aliphatic rings. The van der Waals surface area contributed by atoms with Crippen LogP contribution in [0.4, 0.5) is 0 Å². The lowest BCUT2D eigenvalue weighted by Crippen LogP contribution is -1.96. The van der Waals surface area contributed by atoms with Crippen LogP contribution in [0.3, 0.4) is 0 Å². The highest BCUT2D eigenvalue weighted by Gasteiger charge is 2.02. The molecule has 0 aromatic heterocycles. The smallest absolute Gasteiger partial charge is 0.134 e. The molecule has 0 saturated carbocycles. The van der Waals surface area contributed by atoms with E-state index in [-0.39, 0.29) is 11.6 Å². The van der Waals surface area contributed by atoms with E-state index in [0.717, 1.165) is 22.3 Å². The van der Waals surface area contributed by atoms with Gasteiger partial charge in [-0.2, -0.15) is 0 Å². The molecule has 0 spiro atoms. The van der Waals surface area contributed by atoms with E-state index in [1.54, 1.807) is 13.8 Å². The van der Waals surface area contributed by atoms with Gasteiger partial charge in [-0.15, -0.1) is 0 Å². The van der Waals surface area contributed by atoms with Gasteiger partial charge in [-0.25, -0.2) is 0 Å². The van der Waals surface area contributed by atoms with E-state index in [4.69, 9.17) is 0 Å². The Morgan fingerprint density at radius 1 is 0.650 bits per heavy atom. The van der Waals surface area contributed by atoms with Gasteiger partial charge in [-0.05, 0) is 36.1 Å². The van der Waals surface area contributed by atoms with Crippen molar-refractivity contribution in [3.05, 3.63) is 59.7 Å². The number of hydrogen-bond donors (Lipinski definition) is 0. The minimum absolute atomic E-state index is 0.173. The molecule has 0 aliphatic carbocycles. The molecular weight excluding hydrogens is 248 g/mol. The lowest BCUT2D eigenvalue weighted by atomic mass is 10.00. The van der Waals surface area contributed by atoms with Crippen LogP contribution in [-0.4, -0.2) is 11.6 Å². The summed E-state index contributed by atoms with van der Waals surface area (Å²) >= 11 is 0. The van der Waals surface area contributed by atoms with Crippen LogP contribution in [0.15, 0.2) is 48.5 Å². The largest absolute Gasteiger partial charge is 0.300 e. The summed E-state index contributed by atoms with van der Waals surface area (Å²) in [6, 6.07) is 16.0. The molecule has 0 atom stereocenters. The van der Waals surface area contributed by atoms with Crippen molar-refractivity contribution in [1.29, 1.82) is 0 Å². The quantitative estimate of drug-likeness (QED) is 0.828. The van der Waals surface area contributed by atoms with Crippen LogP contribution in [0.5, 0.6) is 0 Å². The second kappa shape index (κ2) is 6.29. The third-order valence-electron chi connectivity index (χ3n) is 3.15. The van der Waals surface area contributed by atoms with Crippen molar-refractivity contribution in [2.75, 3.05) is 0 Å². The Balaban J connectivity index is 2.15. The molecule has 2 rings (SSSR count). The minimum atomic E-state index is 0.173. The van der Waals surface area contributed by atoms with E-state index in [1.807, 2.05) is 48.5 Å². The first kappa shape index (κ1) is 14.2. The van der Waals surface area contributed by atoms with Crippen LogP contribution in [0.25, 0.3) is 11.1 Å². The average Bonchev–Trinajstić information content (AvgIpc) is 2.39. The molecule has 2 heteroatoms. The number of benzene rings is 2. The number of Topliss-reactive ketones (excluding diaryl/α,β-unsaturated/α-hetero) is 2. The van der Waals surface area contributed by atoms with Crippen molar-refractivity contribution in [3.63, 3.8) is 0 Å². The maximum Gasteiger partial charge on any atom is 0.134 e. The Bertz CT molecular complexity index is 549. The third-order valence-corrected chi connectivity index (χ3v) is 3.15. The number of ketones is 2. The van der Waals surface area contributed by atoms with Crippen molar-refractivity contribution in [3.8, 4) is 11.1 Å². The molecule has 0 fully saturated rings. The molecule has 0 radical (unpaired) electrons. The molecule has 102 valence electrons. The molecule has 0 amide bonds. The first-order valence-corrected chi connectivity index (χ1v) is 6.72. The molecule has 0 bridgehead atoms. The zero-order valence-corrected chi connectivity index (χ0v) is 11.8. The van der Waals surface area contributed by atoms with Crippen LogP contribution in [0, 0.1) is 0 Å². The summed E-state index contributed by atoms with van der Waals surface area (Å²) in [5, 5.41) is 0. The average molecular weight is 266 g/mol. The zero-order chi connectivity index (χ0) is 14.5. The predicted molar refractivity (Wildman–Crippen MR) is 80.6 cm³/mol. The second-order valence-electron chi connectivity index (χ2n) is 5.15. The van der Waals surface area contributed by atoms with Crippen LogP contribution >= 0.6 is 0 Å². The van der Waals surface area contributed by atoms with Gasteiger partial charge in [0, 0.05) is 12.8 Å². The standard InChI is InChI=1S/C18H18O2/c1-13(19)11-15-3-7-17(8-4-15)18-9-5-16(6-10-18)12-14(2)20/h3-10H,11-12H2,1-2H3. The van der Waals surface area contributed by atoms with Gasteiger partial charge < -0.3 is 0 Å². The molecule has 0 unspecified atom stereocenters. The van der Waals surface area contributed by atoms with Gasteiger partial charge in [0.2, 0.25) is 0 Å². The maximum atomic E-state index is 11.1. The SMILES string of the molecule is CC(=O)Cc1ccc(-c2ccc(CC(C)=O)cc2)cc1. The van der Waals surface area contributed by atoms with E-state index in [2.05, 4.69) is 0 Å². The Morgan fingerprint density at radius 2 is 0.950 bits per heavy atom. The Kier molecular flexibility index (Phi) is 4.46. The molecule has 0 N–H and O–H groups in total. The van der Waals surface area contributed by atoms with Gasteiger partial charge in [0.05, 0.1) is 0 Å². The van der Waals surface area contributed by atoms with Gasteiger partial charge in [0.1, 0.15) is 11.6 Å². The summed E-state index contributed by atoms with van der Waals surface area (Å²) < 4.78 is 0. The second-order valence-corrected chi connectivity index (χ2v) is 5.15. The predicted octanol–water partition coefficient (Wildman–Crippen LogP) is 3.62. The van der Waals surface area contributed by atoms with Gasteiger partial charge in [-0.1, -0.05) is 48.5 Å². The summed E-state index contributed by atoms with van der Waals surface area (Å²) in [6.45, 7) is 3.20. The summed E-state index contributed by atoms with van der Waals surface area (Å²) in [4.78, 5) is 22.1. The summed E-state index contributed by atoms with van der Waals surface area (Å²) in [5.41, 5.74) is 4.31. The van der Waals surface area contributed by atoms with E-state index >= 15 is 0 Å². The topological polar surface area (TPSA) is 34.1 Å². The lowest BCUT2D eigenvalue weighted by molar-refractivity contribution is -0.117. The van der Waals surface area contributed by atoms with E-state index in [1.165, 1.54) is 0 Å². The summed E-state index contributed by atoms with van der Waals surface area (Å²) in [5.74, 6) is 0.345. The monoisotopic (exact) mass is 266 g/mol. The number of carbonyl (C=O) groups excluding carboxylic acids is 2. The fourth-order valence-corrected chi connectivity index (χ4v) is 2.21. The minimum Gasteiger partial charge on any atom is -0.300 e. The molecule has 20 heavy (non-hydrogen) atoms. The highest BCUT2D eigenvalue weighted by molar-refractivity contribution is 5.79. The Morgan fingerprint density at radius 3 is 1.20 bits per heavy atom.